The molecule has 5 rings (SSSR count). The van der Waals surface area contributed by atoms with Gasteiger partial charge in [0.15, 0.2) is 0 Å². The maximum Gasteiger partial charge on any atom is 0.267 e. The van der Waals surface area contributed by atoms with E-state index in [2.05, 4.69) is 5.32 Å². The number of carbonyl (C=O) groups excluding carboxylic acids is 1. The van der Waals surface area contributed by atoms with Crippen LogP contribution in [0.15, 0.2) is 41.0 Å². The van der Waals surface area contributed by atoms with Crippen LogP contribution < -0.4 is 11.1 Å². The molecular formula is C22H18ClN3O2S. The Morgan fingerprint density at radius 1 is 1.28 bits per heavy atom. The highest BCUT2D eigenvalue weighted by atomic mass is 35.5. The number of aryl methyl sites for hydroxylation is 1. The van der Waals surface area contributed by atoms with Crippen LogP contribution in [0.2, 0.25) is 5.02 Å². The van der Waals surface area contributed by atoms with Crippen molar-refractivity contribution < 1.29 is 9.21 Å². The number of pyridine rings is 1. The number of furan rings is 1. The Balaban J connectivity index is 1.65. The molecule has 1 aromatic carbocycles. The minimum atomic E-state index is -0.263. The molecule has 1 aliphatic rings. The summed E-state index contributed by atoms with van der Waals surface area (Å²) in [6.07, 6.45) is 4.59. The van der Waals surface area contributed by atoms with Crippen molar-refractivity contribution >= 4 is 50.4 Å². The van der Waals surface area contributed by atoms with Gasteiger partial charge in [0.2, 0.25) is 0 Å². The molecule has 4 aromatic rings. The van der Waals surface area contributed by atoms with Crippen molar-refractivity contribution in [2.24, 2.45) is 0 Å². The van der Waals surface area contributed by atoms with Gasteiger partial charge in [-0.3, -0.25) is 4.79 Å². The number of amides is 1. The highest BCUT2D eigenvalue weighted by molar-refractivity contribution is 7.21. The van der Waals surface area contributed by atoms with Crippen molar-refractivity contribution in [3.05, 3.63) is 63.3 Å². The first kappa shape index (κ1) is 18.2. The minimum absolute atomic E-state index is 0.263. The number of aromatic nitrogens is 1. The molecule has 0 aliphatic heterocycles. The largest absolute Gasteiger partial charge is 0.464 e. The number of nitrogens with zero attached hydrogens (tertiary/aromatic N) is 1. The fourth-order valence-electron chi connectivity index (χ4n) is 3.93. The van der Waals surface area contributed by atoms with Gasteiger partial charge in [0, 0.05) is 27.4 Å². The third kappa shape index (κ3) is 2.91. The number of nitrogens with two attached hydrogens (primary N) is 1. The second kappa shape index (κ2) is 6.90. The van der Waals surface area contributed by atoms with Gasteiger partial charge in [0.25, 0.3) is 5.91 Å². The fraction of sp³-hybridized carbons (Fsp3) is 0.182. The smallest absolute Gasteiger partial charge is 0.267 e. The number of rotatable bonds is 3. The molecule has 0 spiro atoms. The van der Waals surface area contributed by atoms with Gasteiger partial charge in [-0.15, -0.1) is 11.3 Å². The molecule has 3 heterocycles. The monoisotopic (exact) mass is 423 g/mol. The van der Waals surface area contributed by atoms with Crippen LogP contribution in [0.25, 0.3) is 21.5 Å². The average molecular weight is 424 g/mol. The summed E-state index contributed by atoms with van der Waals surface area (Å²) in [6.45, 7) is 1.87. The number of hydrogen-bond acceptors (Lipinski definition) is 5. The van der Waals surface area contributed by atoms with Gasteiger partial charge in [-0.2, -0.15) is 0 Å². The molecule has 0 radical (unpaired) electrons. The minimum Gasteiger partial charge on any atom is -0.464 e. The van der Waals surface area contributed by atoms with Crippen LogP contribution in [-0.2, 0) is 12.8 Å². The van der Waals surface area contributed by atoms with Crippen molar-refractivity contribution in [3.63, 3.8) is 0 Å². The third-order valence-corrected chi connectivity index (χ3v) is 6.90. The molecule has 1 aliphatic carbocycles. The second-order valence-corrected chi connectivity index (χ2v) is 8.54. The molecule has 29 heavy (non-hydrogen) atoms. The number of nitrogens with one attached hydrogen (secondary N) is 1. The number of benzene rings is 1. The van der Waals surface area contributed by atoms with Gasteiger partial charge in [0.05, 0.1) is 12.0 Å². The Morgan fingerprint density at radius 3 is 2.93 bits per heavy atom. The quantitative estimate of drug-likeness (QED) is 0.433. The van der Waals surface area contributed by atoms with Gasteiger partial charge < -0.3 is 15.5 Å². The van der Waals surface area contributed by atoms with Crippen molar-refractivity contribution in [3.8, 4) is 11.3 Å². The molecule has 0 bridgehead atoms. The van der Waals surface area contributed by atoms with E-state index in [4.69, 9.17) is 26.7 Å². The van der Waals surface area contributed by atoms with Gasteiger partial charge in [-0.05, 0) is 61.6 Å². The first-order valence-electron chi connectivity index (χ1n) is 9.38. The summed E-state index contributed by atoms with van der Waals surface area (Å²) >= 11 is 7.50. The molecule has 0 unspecified atom stereocenters. The number of halogens is 1. The summed E-state index contributed by atoms with van der Waals surface area (Å²) < 4.78 is 5.71. The van der Waals surface area contributed by atoms with E-state index in [0.717, 1.165) is 52.1 Å². The maximum absolute atomic E-state index is 13.0. The second-order valence-electron chi connectivity index (χ2n) is 7.13. The summed E-state index contributed by atoms with van der Waals surface area (Å²) in [5.41, 5.74) is 11.6. The van der Waals surface area contributed by atoms with Crippen molar-refractivity contribution in [1.82, 2.24) is 4.98 Å². The lowest BCUT2D eigenvalue weighted by Crippen LogP contribution is -2.13. The van der Waals surface area contributed by atoms with Crippen molar-refractivity contribution in [2.45, 2.75) is 26.2 Å². The number of anilines is 2. The van der Waals surface area contributed by atoms with Crippen LogP contribution in [0.3, 0.4) is 0 Å². The topological polar surface area (TPSA) is 81.2 Å². The molecule has 0 saturated carbocycles. The van der Waals surface area contributed by atoms with E-state index in [0.29, 0.717) is 21.3 Å². The Hall–Kier alpha value is -2.83. The number of hydrogen-bond donors (Lipinski definition) is 2. The van der Waals surface area contributed by atoms with E-state index in [-0.39, 0.29) is 5.91 Å². The number of nitrogen functional groups attached to an aromatic ring is 1. The summed E-state index contributed by atoms with van der Waals surface area (Å²) in [5.74, 6) is 0.499. The van der Waals surface area contributed by atoms with E-state index in [1.807, 2.05) is 25.1 Å². The summed E-state index contributed by atoms with van der Waals surface area (Å²) in [6, 6.07) is 9.21. The summed E-state index contributed by atoms with van der Waals surface area (Å²) in [5, 5.41) is 4.34. The Labute approximate surface area is 176 Å². The average Bonchev–Trinajstić information content (AvgIpc) is 3.44. The van der Waals surface area contributed by atoms with Gasteiger partial charge >= 0.3 is 0 Å². The van der Waals surface area contributed by atoms with E-state index in [1.165, 1.54) is 16.9 Å². The molecule has 146 valence electrons. The van der Waals surface area contributed by atoms with Crippen LogP contribution in [0.4, 0.5) is 11.4 Å². The van der Waals surface area contributed by atoms with Gasteiger partial charge in [-0.25, -0.2) is 4.98 Å². The molecule has 5 nitrogen and oxygen atoms in total. The van der Waals surface area contributed by atoms with Gasteiger partial charge in [-0.1, -0.05) is 17.7 Å². The van der Waals surface area contributed by atoms with E-state index in [9.17, 15) is 4.79 Å². The predicted molar refractivity (Wildman–Crippen MR) is 118 cm³/mol. The fourth-order valence-corrected chi connectivity index (χ4v) is 5.12. The molecule has 0 atom stereocenters. The van der Waals surface area contributed by atoms with Crippen molar-refractivity contribution in [1.29, 1.82) is 0 Å². The zero-order chi connectivity index (χ0) is 20.1. The third-order valence-electron chi connectivity index (χ3n) is 5.39. The SMILES string of the molecule is Cc1c(Cl)cccc1NC(=O)c1sc2nc3c(c(-c4ccco4)c2c1N)CCC3. The van der Waals surface area contributed by atoms with Crippen LogP contribution in [0, 0.1) is 6.92 Å². The standard InChI is InChI=1S/C22H18ClN3O2S/c1-11-13(23)6-3-7-14(11)25-21(27)20-19(24)18-17(16-9-4-10-28-16)12-5-2-8-15(12)26-22(18)29-20/h3-4,6-7,9-10H,2,5,8,24H2,1H3,(H,25,27). The molecule has 0 saturated heterocycles. The molecule has 3 aromatic heterocycles. The van der Waals surface area contributed by atoms with Crippen LogP contribution in [0.5, 0.6) is 0 Å². The van der Waals surface area contributed by atoms with Crippen LogP contribution in [0.1, 0.15) is 32.9 Å². The molecule has 1 amide bonds. The Kier molecular flexibility index (Phi) is 4.33. The number of thiophene rings is 1. The molecule has 7 heteroatoms. The molecular weight excluding hydrogens is 406 g/mol. The lowest BCUT2D eigenvalue weighted by Gasteiger charge is -2.10. The Morgan fingerprint density at radius 2 is 2.14 bits per heavy atom. The number of carbonyl (C=O) groups is 1. The van der Waals surface area contributed by atoms with E-state index in [1.54, 1.807) is 18.4 Å². The highest BCUT2D eigenvalue weighted by Crippen LogP contribution is 2.44. The van der Waals surface area contributed by atoms with Crippen LogP contribution in [-0.4, -0.2) is 10.9 Å². The van der Waals surface area contributed by atoms with Crippen molar-refractivity contribution in [2.75, 3.05) is 11.1 Å². The van der Waals surface area contributed by atoms with E-state index >= 15 is 0 Å². The maximum atomic E-state index is 13.0. The Bertz CT molecular complexity index is 1260. The summed E-state index contributed by atoms with van der Waals surface area (Å²) in [4.78, 5) is 19.1. The highest BCUT2D eigenvalue weighted by Gasteiger charge is 2.27. The summed E-state index contributed by atoms with van der Waals surface area (Å²) in [7, 11) is 0. The van der Waals surface area contributed by atoms with E-state index < -0.39 is 0 Å². The normalized spacial score (nSPS) is 13.0. The number of fused-ring (bicyclic) bond motifs is 2. The lowest BCUT2D eigenvalue weighted by molar-refractivity contribution is 0.103. The first-order chi connectivity index (χ1) is 14.0. The van der Waals surface area contributed by atoms with Gasteiger partial charge in [0.1, 0.15) is 15.5 Å². The zero-order valence-corrected chi connectivity index (χ0v) is 17.3. The first-order valence-corrected chi connectivity index (χ1v) is 10.6. The predicted octanol–water partition coefficient (Wildman–Crippen LogP) is 5.84. The molecule has 3 N–H and O–H groups in total. The molecule has 0 fully saturated rings. The van der Waals surface area contributed by atoms with Crippen LogP contribution >= 0.6 is 22.9 Å². The zero-order valence-electron chi connectivity index (χ0n) is 15.7. The lowest BCUT2D eigenvalue weighted by atomic mass is 10.0.